The quantitative estimate of drug-likeness (QED) is 0.841. The van der Waals surface area contributed by atoms with Gasteiger partial charge in [-0.05, 0) is 6.07 Å². The van der Waals surface area contributed by atoms with E-state index in [4.69, 9.17) is 10.4 Å². The van der Waals surface area contributed by atoms with Crippen molar-refractivity contribution in [3.63, 3.8) is 0 Å². The highest BCUT2D eigenvalue weighted by molar-refractivity contribution is 7.09. The molecule has 0 spiro atoms. The van der Waals surface area contributed by atoms with Crippen LogP contribution in [0.4, 0.5) is 5.95 Å². The summed E-state index contributed by atoms with van der Waals surface area (Å²) in [6.07, 6.45) is 2.07. The Morgan fingerprint density at radius 1 is 1.53 bits per heavy atom. The van der Waals surface area contributed by atoms with Crippen molar-refractivity contribution in [1.29, 1.82) is 5.26 Å². The molecule has 2 aromatic heterocycles. The second kappa shape index (κ2) is 5.88. The number of hydrogen-bond acceptors (Lipinski definition) is 7. The fourth-order valence-electron chi connectivity index (χ4n) is 1.31. The van der Waals surface area contributed by atoms with Crippen LogP contribution in [-0.4, -0.2) is 32.6 Å². The van der Waals surface area contributed by atoms with E-state index in [1.165, 1.54) is 29.0 Å². The number of nitriles is 1. The molecule has 19 heavy (non-hydrogen) atoms. The number of aromatic carboxylic acids is 1. The lowest BCUT2D eigenvalue weighted by Crippen LogP contribution is -2.08. The average molecular weight is 275 g/mol. The number of thiazole rings is 1. The Labute approximate surface area is 112 Å². The van der Waals surface area contributed by atoms with Gasteiger partial charge in [0.15, 0.2) is 5.69 Å². The van der Waals surface area contributed by atoms with Crippen LogP contribution < -0.4 is 5.32 Å². The Balaban J connectivity index is 1.89. The summed E-state index contributed by atoms with van der Waals surface area (Å²) in [5, 5.41) is 22.6. The summed E-state index contributed by atoms with van der Waals surface area (Å²) in [5.41, 5.74) is 0.350. The Hall–Kier alpha value is -2.53. The molecule has 0 atom stereocenters. The van der Waals surface area contributed by atoms with Gasteiger partial charge in [0.2, 0.25) is 5.95 Å². The van der Waals surface area contributed by atoms with Crippen molar-refractivity contribution < 1.29 is 9.90 Å². The summed E-state index contributed by atoms with van der Waals surface area (Å²) in [6, 6.07) is 3.44. The zero-order valence-electron chi connectivity index (χ0n) is 9.70. The molecule has 0 aromatic carbocycles. The minimum atomic E-state index is -1.03. The summed E-state index contributed by atoms with van der Waals surface area (Å²) in [5.74, 6) is -0.658. The van der Waals surface area contributed by atoms with E-state index in [0.717, 1.165) is 5.01 Å². The van der Waals surface area contributed by atoms with Gasteiger partial charge < -0.3 is 10.4 Å². The topological polar surface area (TPSA) is 112 Å². The van der Waals surface area contributed by atoms with Crippen LogP contribution in [-0.2, 0) is 6.42 Å². The zero-order chi connectivity index (χ0) is 13.7. The van der Waals surface area contributed by atoms with Crippen LogP contribution in [0.1, 0.15) is 21.2 Å². The summed E-state index contributed by atoms with van der Waals surface area (Å²) < 4.78 is 0. The van der Waals surface area contributed by atoms with Crippen LogP contribution in [0.2, 0.25) is 0 Å². The van der Waals surface area contributed by atoms with E-state index in [9.17, 15) is 4.79 Å². The van der Waals surface area contributed by atoms with Gasteiger partial charge >= 0.3 is 5.97 Å². The summed E-state index contributed by atoms with van der Waals surface area (Å²) in [4.78, 5) is 22.5. The van der Waals surface area contributed by atoms with E-state index < -0.39 is 5.97 Å². The largest absolute Gasteiger partial charge is 0.476 e. The van der Waals surface area contributed by atoms with E-state index in [1.807, 2.05) is 6.07 Å². The lowest BCUT2D eigenvalue weighted by Gasteiger charge is -2.02. The fraction of sp³-hybridized carbons (Fsp3) is 0.182. The molecule has 0 radical (unpaired) electrons. The van der Waals surface area contributed by atoms with Gasteiger partial charge in [-0.1, -0.05) is 0 Å². The van der Waals surface area contributed by atoms with Crippen molar-refractivity contribution in [3.8, 4) is 6.07 Å². The first-order valence-corrected chi connectivity index (χ1v) is 6.21. The Kier molecular flexibility index (Phi) is 4.00. The normalized spacial score (nSPS) is 9.84. The number of anilines is 1. The summed E-state index contributed by atoms with van der Waals surface area (Å²) in [7, 11) is 0. The number of rotatable bonds is 5. The van der Waals surface area contributed by atoms with Gasteiger partial charge in [0, 0.05) is 24.5 Å². The molecule has 0 fully saturated rings. The third-order valence-electron chi connectivity index (χ3n) is 2.16. The van der Waals surface area contributed by atoms with Gasteiger partial charge in [0.1, 0.15) is 11.8 Å². The van der Waals surface area contributed by atoms with Crippen molar-refractivity contribution in [1.82, 2.24) is 15.0 Å². The molecule has 0 saturated carbocycles. The van der Waals surface area contributed by atoms with Crippen molar-refractivity contribution in [2.75, 3.05) is 11.9 Å². The summed E-state index contributed by atoms with van der Waals surface area (Å²) in [6.45, 7) is 0.515. The van der Waals surface area contributed by atoms with E-state index in [-0.39, 0.29) is 5.69 Å². The molecule has 2 heterocycles. The molecule has 0 amide bonds. The number of hydrogen-bond donors (Lipinski definition) is 2. The molecule has 0 unspecified atom stereocenters. The number of nitrogens with one attached hydrogen (secondary N) is 1. The van der Waals surface area contributed by atoms with E-state index >= 15 is 0 Å². The van der Waals surface area contributed by atoms with E-state index in [1.54, 1.807) is 0 Å². The van der Waals surface area contributed by atoms with Gasteiger partial charge in [-0.25, -0.2) is 19.7 Å². The third-order valence-corrected chi connectivity index (χ3v) is 3.07. The van der Waals surface area contributed by atoms with Gasteiger partial charge in [-0.3, -0.25) is 0 Å². The Morgan fingerprint density at radius 3 is 3.05 bits per heavy atom. The van der Waals surface area contributed by atoms with E-state index in [2.05, 4.69) is 20.3 Å². The maximum Gasteiger partial charge on any atom is 0.355 e. The minimum absolute atomic E-state index is 0.0581. The van der Waals surface area contributed by atoms with Gasteiger partial charge in [-0.2, -0.15) is 5.26 Å². The Bertz CT molecular complexity index is 634. The first kappa shape index (κ1) is 12.9. The number of carboxylic acids is 1. The molecule has 0 bridgehead atoms. The molecule has 0 saturated heterocycles. The van der Waals surface area contributed by atoms with Gasteiger partial charge in [0.05, 0.1) is 5.01 Å². The predicted molar refractivity (Wildman–Crippen MR) is 68.0 cm³/mol. The standard InChI is InChI=1S/C11H9N5O2S/c12-5-7-1-3-13-11(15-7)14-4-2-9-16-8(6-19-9)10(17)18/h1,3,6H,2,4H2,(H,17,18)(H,13,14,15). The molecule has 0 aliphatic heterocycles. The lowest BCUT2D eigenvalue weighted by atomic mass is 10.4. The highest BCUT2D eigenvalue weighted by Gasteiger charge is 2.08. The van der Waals surface area contributed by atoms with Crippen LogP contribution in [0.25, 0.3) is 0 Å². The first-order chi connectivity index (χ1) is 9.19. The zero-order valence-corrected chi connectivity index (χ0v) is 10.5. The monoisotopic (exact) mass is 275 g/mol. The molecule has 7 nitrogen and oxygen atoms in total. The number of carboxylic acid groups (broad SMARTS) is 1. The van der Waals surface area contributed by atoms with Crippen molar-refractivity contribution >= 4 is 23.3 Å². The van der Waals surface area contributed by atoms with Crippen molar-refractivity contribution in [2.45, 2.75) is 6.42 Å². The SMILES string of the molecule is N#Cc1ccnc(NCCc2nc(C(=O)O)cs2)n1. The van der Waals surface area contributed by atoms with Crippen LogP contribution in [0, 0.1) is 11.3 Å². The smallest absolute Gasteiger partial charge is 0.355 e. The second-order valence-corrected chi connectivity index (χ2v) is 4.43. The van der Waals surface area contributed by atoms with Crippen LogP contribution >= 0.6 is 11.3 Å². The van der Waals surface area contributed by atoms with Gasteiger partial charge in [0.25, 0.3) is 0 Å². The van der Waals surface area contributed by atoms with Crippen molar-refractivity contribution in [2.24, 2.45) is 0 Å². The van der Waals surface area contributed by atoms with E-state index in [0.29, 0.717) is 24.6 Å². The number of carbonyl (C=O) groups is 1. The molecular weight excluding hydrogens is 266 g/mol. The van der Waals surface area contributed by atoms with Gasteiger partial charge in [-0.15, -0.1) is 11.3 Å². The maximum atomic E-state index is 10.7. The average Bonchev–Trinajstić information content (AvgIpc) is 2.88. The predicted octanol–water partition coefficient (Wildman–Crippen LogP) is 1.16. The molecular formula is C11H9N5O2S. The minimum Gasteiger partial charge on any atom is -0.476 e. The van der Waals surface area contributed by atoms with Crippen LogP contribution in [0.5, 0.6) is 0 Å². The lowest BCUT2D eigenvalue weighted by molar-refractivity contribution is 0.0691. The highest BCUT2D eigenvalue weighted by Crippen LogP contribution is 2.10. The number of aromatic nitrogens is 3. The molecule has 0 aliphatic carbocycles. The molecule has 96 valence electrons. The molecule has 2 N–H and O–H groups in total. The molecule has 8 heteroatoms. The molecule has 2 rings (SSSR count). The number of nitrogens with zero attached hydrogens (tertiary/aromatic N) is 4. The second-order valence-electron chi connectivity index (χ2n) is 3.49. The van der Waals surface area contributed by atoms with Crippen LogP contribution in [0.15, 0.2) is 17.6 Å². The molecule has 2 aromatic rings. The highest BCUT2D eigenvalue weighted by atomic mass is 32.1. The fourth-order valence-corrected chi connectivity index (χ4v) is 2.08. The summed E-state index contributed by atoms with van der Waals surface area (Å²) >= 11 is 1.30. The molecule has 0 aliphatic rings. The van der Waals surface area contributed by atoms with Crippen molar-refractivity contribution in [3.05, 3.63) is 34.0 Å². The Morgan fingerprint density at radius 2 is 2.37 bits per heavy atom. The third kappa shape index (κ3) is 3.46. The van der Waals surface area contributed by atoms with Crippen LogP contribution in [0.3, 0.4) is 0 Å². The first-order valence-electron chi connectivity index (χ1n) is 5.34. The maximum absolute atomic E-state index is 10.7.